The maximum Gasteiger partial charge on any atom is 0.228 e. The number of benzene rings is 1. The number of rotatable bonds is 3. The third-order valence-electron chi connectivity index (χ3n) is 4.46. The van der Waals surface area contributed by atoms with Gasteiger partial charge in [0.1, 0.15) is 5.82 Å². The van der Waals surface area contributed by atoms with Crippen LogP contribution < -0.4 is 5.32 Å². The molecule has 1 aliphatic rings. The Labute approximate surface area is 141 Å². The quantitative estimate of drug-likeness (QED) is 0.918. The average Bonchev–Trinajstić information content (AvgIpc) is 2.54. The highest BCUT2D eigenvalue weighted by atomic mass is 32.2. The van der Waals surface area contributed by atoms with Gasteiger partial charge in [-0.3, -0.25) is 4.79 Å². The van der Waals surface area contributed by atoms with Crippen molar-refractivity contribution >= 4 is 32.3 Å². The Hall–Kier alpha value is -1.99. The minimum absolute atomic E-state index is 0.000973. The molecule has 0 atom stereocenters. The summed E-state index contributed by atoms with van der Waals surface area (Å²) in [4.78, 5) is 19.1. The summed E-state index contributed by atoms with van der Waals surface area (Å²) in [5.74, 6) is 0.437. The minimum atomic E-state index is -3.26. The van der Waals surface area contributed by atoms with Gasteiger partial charge >= 0.3 is 0 Å². The molecule has 128 valence electrons. The summed E-state index contributed by atoms with van der Waals surface area (Å²) in [5, 5.41) is 4.43. The van der Waals surface area contributed by atoms with Crippen molar-refractivity contribution in [2.24, 2.45) is 5.92 Å². The van der Waals surface area contributed by atoms with Crippen LogP contribution in [0.1, 0.15) is 12.8 Å². The summed E-state index contributed by atoms with van der Waals surface area (Å²) in [7, 11) is -1.21. The fourth-order valence-electron chi connectivity index (χ4n) is 2.92. The highest BCUT2D eigenvalue weighted by Crippen LogP contribution is 2.22. The molecule has 2 heterocycles. The Morgan fingerprint density at radius 3 is 2.58 bits per heavy atom. The SMILES string of the molecule is CN1CCC(C(=O)Nc2cc3cc(S(C)(=O)=O)ccc3cn2)CC1. The summed E-state index contributed by atoms with van der Waals surface area (Å²) in [6.07, 6.45) is 4.51. The van der Waals surface area contributed by atoms with E-state index in [0.29, 0.717) is 5.82 Å². The van der Waals surface area contributed by atoms with E-state index in [4.69, 9.17) is 0 Å². The van der Waals surface area contributed by atoms with Gasteiger partial charge in [0, 0.05) is 23.8 Å². The van der Waals surface area contributed by atoms with Crippen LogP contribution in [-0.4, -0.2) is 50.6 Å². The van der Waals surface area contributed by atoms with Crippen LogP contribution in [0.2, 0.25) is 0 Å². The largest absolute Gasteiger partial charge is 0.310 e. The van der Waals surface area contributed by atoms with E-state index in [1.165, 1.54) is 6.26 Å². The second-order valence-electron chi connectivity index (χ2n) is 6.42. The molecule has 0 bridgehead atoms. The summed E-state index contributed by atoms with van der Waals surface area (Å²) in [5.41, 5.74) is 0. The first-order valence-corrected chi connectivity index (χ1v) is 9.81. The predicted octanol–water partition coefficient (Wildman–Crippen LogP) is 1.92. The van der Waals surface area contributed by atoms with Gasteiger partial charge in [0.2, 0.25) is 5.91 Å². The lowest BCUT2D eigenvalue weighted by atomic mass is 9.96. The molecule has 1 amide bonds. The van der Waals surface area contributed by atoms with Gasteiger partial charge in [0.25, 0.3) is 0 Å². The number of amides is 1. The normalized spacial score (nSPS) is 17.1. The first-order valence-electron chi connectivity index (χ1n) is 7.92. The standard InChI is InChI=1S/C17H21N3O3S/c1-20-7-5-12(6-8-20)17(21)19-16-10-14-9-15(24(2,22)23)4-3-13(14)11-18-16/h3-4,9-12H,5-8H2,1-2H3,(H,18,19,21). The number of pyridine rings is 1. The van der Waals surface area contributed by atoms with E-state index in [2.05, 4.69) is 22.2 Å². The maximum absolute atomic E-state index is 12.4. The Bertz CT molecular complexity index is 872. The molecule has 7 heteroatoms. The number of sulfone groups is 1. The smallest absolute Gasteiger partial charge is 0.228 e. The van der Waals surface area contributed by atoms with Gasteiger partial charge in [-0.1, -0.05) is 6.07 Å². The molecule has 0 saturated carbocycles. The molecule has 1 aromatic carbocycles. The van der Waals surface area contributed by atoms with E-state index in [1.54, 1.807) is 30.5 Å². The fraction of sp³-hybridized carbons (Fsp3) is 0.412. The molecule has 0 radical (unpaired) electrons. The van der Waals surface area contributed by atoms with Crippen molar-refractivity contribution < 1.29 is 13.2 Å². The molecule has 6 nitrogen and oxygen atoms in total. The summed E-state index contributed by atoms with van der Waals surface area (Å²) in [6.45, 7) is 1.84. The lowest BCUT2D eigenvalue weighted by molar-refractivity contribution is -0.121. The topological polar surface area (TPSA) is 79.4 Å². The van der Waals surface area contributed by atoms with Gasteiger partial charge in [-0.15, -0.1) is 0 Å². The Balaban J connectivity index is 1.81. The van der Waals surface area contributed by atoms with E-state index in [9.17, 15) is 13.2 Å². The molecule has 3 rings (SSSR count). The molecule has 1 saturated heterocycles. The number of nitrogens with zero attached hydrogens (tertiary/aromatic N) is 2. The summed E-state index contributed by atoms with van der Waals surface area (Å²) < 4.78 is 23.4. The fourth-order valence-corrected chi connectivity index (χ4v) is 3.57. The van der Waals surface area contributed by atoms with Gasteiger partial charge in [-0.2, -0.15) is 0 Å². The number of hydrogen-bond acceptors (Lipinski definition) is 5. The van der Waals surface area contributed by atoms with Crippen LogP contribution in [0.25, 0.3) is 10.8 Å². The van der Waals surface area contributed by atoms with Crippen LogP contribution in [0.5, 0.6) is 0 Å². The average molecular weight is 347 g/mol. The molecular formula is C17H21N3O3S. The summed E-state index contributed by atoms with van der Waals surface area (Å²) in [6, 6.07) is 6.62. The van der Waals surface area contributed by atoms with E-state index >= 15 is 0 Å². The number of aromatic nitrogens is 1. The van der Waals surface area contributed by atoms with Crippen LogP contribution in [0.15, 0.2) is 35.4 Å². The third-order valence-corrected chi connectivity index (χ3v) is 5.57. The molecule has 0 spiro atoms. The van der Waals surface area contributed by atoms with Gasteiger partial charge in [0.15, 0.2) is 9.84 Å². The van der Waals surface area contributed by atoms with Gasteiger partial charge < -0.3 is 10.2 Å². The molecule has 1 aromatic heterocycles. The highest BCUT2D eigenvalue weighted by Gasteiger charge is 2.23. The van der Waals surface area contributed by atoms with Crippen LogP contribution in [0.3, 0.4) is 0 Å². The van der Waals surface area contributed by atoms with Crippen molar-refractivity contribution in [3.8, 4) is 0 Å². The second-order valence-corrected chi connectivity index (χ2v) is 8.43. The van der Waals surface area contributed by atoms with Gasteiger partial charge in [-0.05, 0) is 56.6 Å². The number of carbonyl (C=O) groups excluding carboxylic acids is 1. The summed E-state index contributed by atoms with van der Waals surface area (Å²) >= 11 is 0. The lowest BCUT2D eigenvalue weighted by Crippen LogP contribution is -2.36. The predicted molar refractivity (Wildman–Crippen MR) is 93.7 cm³/mol. The zero-order chi connectivity index (χ0) is 17.3. The molecule has 24 heavy (non-hydrogen) atoms. The van der Waals surface area contributed by atoms with E-state index in [1.807, 2.05) is 0 Å². The number of nitrogens with one attached hydrogen (secondary N) is 1. The number of anilines is 1. The van der Waals surface area contributed by atoms with Gasteiger partial charge in [0.05, 0.1) is 4.90 Å². The molecule has 1 N–H and O–H groups in total. The lowest BCUT2D eigenvalue weighted by Gasteiger charge is -2.27. The zero-order valence-electron chi connectivity index (χ0n) is 13.8. The number of likely N-dealkylation sites (tertiary alicyclic amines) is 1. The number of carbonyl (C=O) groups is 1. The van der Waals surface area contributed by atoms with E-state index in [0.717, 1.165) is 36.7 Å². The van der Waals surface area contributed by atoms with Crippen molar-refractivity contribution in [2.45, 2.75) is 17.7 Å². The van der Waals surface area contributed by atoms with Crippen LogP contribution in [0, 0.1) is 5.92 Å². The number of piperidine rings is 1. The number of fused-ring (bicyclic) bond motifs is 1. The Kier molecular flexibility index (Phi) is 4.56. The van der Waals surface area contributed by atoms with E-state index in [-0.39, 0.29) is 16.7 Å². The first-order chi connectivity index (χ1) is 11.3. The van der Waals surface area contributed by atoms with Crippen molar-refractivity contribution in [2.75, 3.05) is 31.7 Å². The zero-order valence-corrected chi connectivity index (χ0v) is 14.6. The van der Waals surface area contributed by atoms with Crippen molar-refractivity contribution in [1.82, 2.24) is 9.88 Å². The molecule has 1 fully saturated rings. The van der Waals surface area contributed by atoms with E-state index < -0.39 is 9.84 Å². The third kappa shape index (κ3) is 3.73. The number of hydrogen-bond donors (Lipinski definition) is 1. The molecule has 0 unspecified atom stereocenters. The highest BCUT2D eigenvalue weighted by molar-refractivity contribution is 7.90. The Morgan fingerprint density at radius 1 is 1.21 bits per heavy atom. The maximum atomic E-state index is 12.4. The minimum Gasteiger partial charge on any atom is -0.310 e. The molecule has 2 aromatic rings. The van der Waals surface area contributed by atoms with Gasteiger partial charge in [-0.25, -0.2) is 13.4 Å². The molecular weight excluding hydrogens is 326 g/mol. The van der Waals surface area contributed by atoms with Crippen molar-refractivity contribution in [3.63, 3.8) is 0 Å². The van der Waals surface area contributed by atoms with Crippen LogP contribution in [0.4, 0.5) is 5.82 Å². The van der Waals surface area contributed by atoms with Crippen molar-refractivity contribution in [3.05, 3.63) is 30.5 Å². The van der Waals surface area contributed by atoms with Crippen molar-refractivity contribution in [1.29, 1.82) is 0 Å². The monoisotopic (exact) mass is 347 g/mol. The molecule has 1 aliphatic heterocycles. The Morgan fingerprint density at radius 2 is 1.92 bits per heavy atom. The van der Waals surface area contributed by atoms with Crippen LogP contribution >= 0.6 is 0 Å². The van der Waals surface area contributed by atoms with Crippen LogP contribution in [-0.2, 0) is 14.6 Å². The first kappa shape index (κ1) is 16.9. The second kappa shape index (κ2) is 6.49. The molecule has 0 aliphatic carbocycles.